The quantitative estimate of drug-likeness (QED) is 0.715. The number of hydrogen-bond acceptors (Lipinski definition) is 3. The van der Waals surface area contributed by atoms with E-state index < -0.39 is 0 Å². The topological polar surface area (TPSA) is 21.3 Å². The average Bonchev–Trinajstić information content (AvgIpc) is 2.04. The Hall–Kier alpha value is 0.270. The average molecular weight is 187 g/mol. The molecule has 0 aromatic heterocycles. The van der Waals surface area contributed by atoms with Crippen molar-refractivity contribution in [1.82, 2.24) is 5.32 Å². The van der Waals surface area contributed by atoms with Crippen molar-refractivity contribution in [2.24, 2.45) is 5.92 Å². The van der Waals surface area contributed by atoms with Gasteiger partial charge in [0.25, 0.3) is 0 Å². The Bertz CT molecular complexity index is 132. The molecule has 70 valence electrons. The molecule has 0 unspecified atom stereocenters. The molecule has 0 radical (unpaired) electrons. The minimum absolute atomic E-state index is 0.819. The summed E-state index contributed by atoms with van der Waals surface area (Å²) in [6, 6.07) is 0. The largest absolute Gasteiger partial charge is 0.379 e. The lowest BCUT2D eigenvalue weighted by molar-refractivity contribution is 0.0454. The first-order valence-electron chi connectivity index (χ1n) is 4.85. The maximum atomic E-state index is 5.14. The van der Waals surface area contributed by atoms with Crippen LogP contribution in [0.15, 0.2) is 0 Å². The monoisotopic (exact) mass is 187 g/mol. The van der Waals surface area contributed by atoms with Crippen LogP contribution in [-0.2, 0) is 4.74 Å². The summed E-state index contributed by atoms with van der Waals surface area (Å²) >= 11 is 2.12. The Morgan fingerprint density at radius 2 is 2.00 bits per heavy atom. The van der Waals surface area contributed by atoms with E-state index in [0.29, 0.717) is 0 Å². The first-order valence-corrected chi connectivity index (χ1v) is 5.90. The van der Waals surface area contributed by atoms with Crippen LogP contribution in [0.4, 0.5) is 0 Å². The molecule has 0 aromatic carbocycles. The number of thioether (sulfide) groups is 1. The molecule has 0 saturated carbocycles. The lowest BCUT2D eigenvalue weighted by atomic mass is 10.0. The van der Waals surface area contributed by atoms with Crippen molar-refractivity contribution in [3.8, 4) is 0 Å². The summed E-state index contributed by atoms with van der Waals surface area (Å²) in [7, 11) is 0. The highest BCUT2D eigenvalue weighted by atomic mass is 32.2. The minimum atomic E-state index is 0.819. The molecule has 3 heteroatoms. The Morgan fingerprint density at radius 3 is 2.58 bits per heavy atom. The van der Waals surface area contributed by atoms with Crippen molar-refractivity contribution in [3.05, 3.63) is 0 Å². The summed E-state index contributed by atoms with van der Waals surface area (Å²) in [5.74, 6) is 2.33. The van der Waals surface area contributed by atoms with Gasteiger partial charge in [-0.05, 0) is 37.6 Å². The fourth-order valence-electron chi connectivity index (χ4n) is 1.63. The first kappa shape index (κ1) is 8.85. The molecule has 12 heavy (non-hydrogen) atoms. The molecule has 0 atom stereocenters. The molecule has 2 saturated heterocycles. The van der Waals surface area contributed by atoms with Gasteiger partial charge in [0.1, 0.15) is 0 Å². The van der Waals surface area contributed by atoms with Crippen molar-refractivity contribution in [2.45, 2.75) is 18.1 Å². The van der Waals surface area contributed by atoms with E-state index in [1.807, 2.05) is 0 Å². The van der Waals surface area contributed by atoms with Crippen LogP contribution in [0.2, 0.25) is 0 Å². The van der Waals surface area contributed by atoms with Gasteiger partial charge in [0.2, 0.25) is 0 Å². The van der Waals surface area contributed by atoms with Gasteiger partial charge in [0.05, 0.1) is 18.5 Å². The van der Waals surface area contributed by atoms with Gasteiger partial charge in [0.15, 0.2) is 0 Å². The molecule has 0 bridgehead atoms. The van der Waals surface area contributed by atoms with Gasteiger partial charge in [-0.3, -0.25) is 0 Å². The molecular formula is C9H17NOS. The third kappa shape index (κ3) is 2.38. The van der Waals surface area contributed by atoms with Crippen molar-refractivity contribution < 1.29 is 4.74 Å². The zero-order chi connectivity index (χ0) is 8.23. The number of hydrogen-bond donors (Lipinski definition) is 1. The molecule has 2 aliphatic rings. The molecule has 2 aliphatic heterocycles. The van der Waals surface area contributed by atoms with E-state index in [0.717, 1.165) is 24.4 Å². The highest BCUT2D eigenvalue weighted by Crippen LogP contribution is 2.24. The zero-order valence-electron chi connectivity index (χ0n) is 7.42. The van der Waals surface area contributed by atoms with Crippen molar-refractivity contribution >= 4 is 11.8 Å². The van der Waals surface area contributed by atoms with Crippen LogP contribution in [0.5, 0.6) is 0 Å². The Labute approximate surface area is 78.4 Å². The summed E-state index contributed by atoms with van der Waals surface area (Å²) in [5, 5.41) is 4.22. The normalized spacial score (nSPS) is 27.0. The number of nitrogens with one attached hydrogen (secondary N) is 1. The molecule has 0 spiro atoms. The summed E-state index contributed by atoms with van der Waals surface area (Å²) in [6.07, 6.45) is 2.75. The smallest absolute Gasteiger partial charge is 0.0607 e. The molecule has 0 aromatic rings. The molecular weight excluding hydrogens is 170 g/mol. The lowest BCUT2D eigenvalue weighted by Gasteiger charge is -2.28. The Balaban J connectivity index is 1.58. The number of ether oxygens (including phenoxy) is 1. The van der Waals surface area contributed by atoms with Crippen LogP contribution < -0.4 is 5.32 Å². The maximum Gasteiger partial charge on any atom is 0.0607 e. The molecule has 2 rings (SSSR count). The van der Waals surface area contributed by atoms with E-state index in [2.05, 4.69) is 17.1 Å². The molecule has 2 heterocycles. The third-order valence-electron chi connectivity index (χ3n) is 2.63. The third-order valence-corrected chi connectivity index (χ3v) is 4.04. The summed E-state index contributed by atoms with van der Waals surface area (Å²) in [6.45, 7) is 4.45. The fourth-order valence-corrected chi connectivity index (χ4v) is 2.89. The van der Waals surface area contributed by atoms with E-state index >= 15 is 0 Å². The van der Waals surface area contributed by atoms with Gasteiger partial charge in [-0.25, -0.2) is 0 Å². The number of piperidine rings is 1. The van der Waals surface area contributed by atoms with E-state index in [1.165, 1.54) is 31.7 Å². The van der Waals surface area contributed by atoms with Gasteiger partial charge in [-0.2, -0.15) is 11.8 Å². The van der Waals surface area contributed by atoms with Gasteiger partial charge < -0.3 is 10.1 Å². The fraction of sp³-hybridized carbons (Fsp3) is 1.00. The second-order valence-corrected chi connectivity index (χ2v) is 5.02. The highest BCUT2D eigenvalue weighted by Gasteiger charge is 2.21. The predicted octanol–water partition coefficient (Wildman–Crippen LogP) is 1.12. The molecule has 1 N–H and O–H groups in total. The van der Waals surface area contributed by atoms with Gasteiger partial charge in [-0.15, -0.1) is 0 Å². The van der Waals surface area contributed by atoms with Crippen LogP contribution in [0.1, 0.15) is 12.8 Å². The molecule has 2 nitrogen and oxygen atoms in total. The number of rotatable bonds is 3. The van der Waals surface area contributed by atoms with Gasteiger partial charge in [0, 0.05) is 0 Å². The molecule has 2 fully saturated rings. The van der Waals surface area contributed by atoms with E-state index in [1.54, 1.807) is 0 Å². The Kier molecular flexibility index (Phi) is 3.31. The predicted molar refractivity (Wildman–Crippen MR) is 52.7 cm³/mol. The maximum absolute atomic E-state index is 5.14. The molecule has 0 amide bonds. The minimum Gasteiger partial charge on any atom is -0.379 e. The van der Waals surface area contributed by atoms with Crippen molar-refractivity contribution in [1.29, 1.82) is 0 Å². The second kappa shape index (κ2) is 4.49. The standard InChI is InChI=1S/C9H17NOS/c1-3-10-4-2-8(1)7-12-9-5-11-6-9/h8-10H,1-7H2. The van der Waals surface area contributed by atoms with Gasteiger partial charge >= 0.3 is 0 Å². The van der Waals surface area contributed by atoms with E-state index in [-0.39, 0.29) is 0 Å². The molecule has 0 aliphatic carbocycles. The van der Waals surface area contributed by atoms with Crippen molar-refractivity contribution in [2.75, 3.05) is 32.1 Å². The van der Waals surface area contributed by atoms with Crippen LogP contribution in [0.25, 0.3) is 0 Å². The zero-order valence-corrected chi connectivity index (χ0v) is 8.24. The highest BCUT2D eigenvalue weighted by molar-refractivity contribution is 8.00. The van der Waals surface area contributed by atoms with Crippen LogP contribution in [0.3, 0.4) is 0 Å². The second-order valence-electron chi connectivity index (χ2n) is 3.69. The van der Waals surface area contributed by atoms with Crippen molar-refractivity contribution in [3.63, 3.8) is 0 Å². The van der Waals surface area contributed by atoms with E-state index in [4.69, 9.17) is 4.74 Å². The SMILES string of the molecule is C1CC(CSC2COC2)CCN1. The van der Waals surface area contributed by atoms with E-state index in [9.17, 15) is 0 Å². The summed E-state index contributed by atoms with van der Waals surface area (Å²) < 4.78 is 5.14. The van der Waals surface area contributed by atoms with Crippen LogP contribution in [0, 0.1) is 5.92 Å². The van der Waals surface area contributed by atoms with Gasteiger partial charge in [-0.1, -0.05) is 0 Å². The lowest BCUT2D eigenvalue weighted by Crippen LogP contribution is -2.33. The Morgan fingerprint density at radius 1 is 1.25 bits per heavy atom. The summed E-state index contributed by atoms with van der Waals surface area (Å²) in [5.41, 5.74) is 0. The van der Waals surface area contributed by atoms with Crippen LogP contribution in [-0.4, -0.2) is 37.3 Å². The van der Waals surface area contributed by atoms with Crippen LogP contribution >= 0.6 is 11.8 Å². The first-order chi connectivity index (χ1) is 5.95. The summed E-state index contributed by atoms with van der Waals surface area (Å²) in [4.78, 5) is 0.